The van der Waals surface area contributed by atoms with Gasteiger partial charge in [0.25, 0.3) is 5.56 Å². The summed E-state index contributed by atoms with van der Waals surface area (Å²) in [4.78, 5) is 18.0. The first-order valence-electron chi connectivity index (χ1n) is 10.9. The zero-order chi connectivity index (χ0) is 23.9. The minimum atomic E-state index is -0.134. The van der Waals surface area contributed by atoms with Crippen molar-refractivity contribution in [2.75, 3.05) is 0 Å². The fraction of sp³-hybridized carbons (Fsp3) is 0.0769. The average molecular weight is 500 g/mol. The van der Waals surface area contributed by atoms with Gasteiger partial charge in [0.2, 0.25) is 11.7 Å². The van der Waals surface area contributed by atoms with E-state index < -0.39 is 0 Å². The van der Waals surface area contributed by atoms with Gasteiger partial charge in [-0.15, -0.1) is 10.2 Å². The maximum atomic E-state index is 13.4. The van der Waals surface area contributed by atoms with E-state index in [1.165, 1.54) is 11.8 Å². The average Bonchev–Trinajstić information content (AvgIpc) is 3.52. The van der Waals surface area contributed by atoms with Crippen LogP contribution in [0.4, 0.5) is 0 Å². The normalized spacial score (nSPS) is 11.5. The number of hydrogen-bond donors (Lipinski definition) is 0. The summed E-state index contributed by atoms with van der Waals surface area (Å²) < 4.78 is 9.19. The Labute approximate surface area is 209 Å². The lowest BCUT2D eigenvalue weighted by Crippen LogP contribution is -2.21. The van der Waals surface area contributed by atoms with E-state index >= 15 is 0 Å². The fourth-order valence-electron chi connectivity index (χ4n) is 3.94. The number of fused-ring (bicyclic) bond motifs is 3. The smallest absolute Gasteiger partial charge is 0.267 e. The zero-order valence-corrected chi connectivity index (χ0v) is 20.1. The van der Waals surface area contributed by atoms with Gasteiger partial charge in [0.15, 0.2) is 5.16 Å². The van der Waals surface area contributed by atoms with Gasteiger partial charge in [-0.2, -0.15) is 0 Å². The number of halogens is 1. The Morgan fingerprint density at radius 3 is 2.54 bits per heavy atom. The maximum absolute atomic E-state index is 13.4. The van der Waals surface area contributed by atoms with Crippen molar-refractivity contribution in [3.8, 4) is 17.1 Å². The van der Waals surface area contributed by atoms with Crippen molar-refractivity contribution in [1.82, 2.24) is 24.1 Å². The van der Waals surface area contributed by atoms with E-state index in [1.54, 1.807) is 23.0 Å². The summed E-state index contributed by atoms with van der Waals surface area (Å²) in [6.07, 6.45) is 1.64. The first-order chi connectivity index (χ1) is 17.1. The predicted octanol–water partition coefficient (Wildman–Crippen LogP) is 5.94. The molecular formula is C26H18ClN5O2S. The van der Waals surface area contributed by atoms with Crippen LogP contribution in [-0.2, 0) is 5.75 Å². The highest BCUT2D eigenvalue weighted by molar-refractivity contribution is 7.98. The van der Waals surface area contributed by atoms with Gasteiger partial charge < -0.3 is 4.42 Å². The molecule has 9 heteroatoms. The van der Waals surface area contributed by atoms with Crippen LogP contribution in [0.2, 0.25) is 5.02 Å². The van der Waals surface area contributed by atoms with Crippen LogP contribution in [-0.4, -0.2) is 24.1 Å². The van der Waals surface area contributed by atoms with E-state index in [0.717, 1.165) is 28.0 Å². The Kier molecular flexibility index (Phi) is 5.39. The third-order valence-electron chi connectivity index (χ3n) is 5.68. The number of thioether (sulfide) groups is 1. The lowest BCUT2D eigenvalue weighted by atomic mass is 10.2. The van der Waals surface area contributed by atoms with Crippen LogP contribution >= 0.6 is 23.4 Å². The maximum Gasteiger partial charge on any atom is 0.267 e. The lowest BCUT2D eigenvalue weighted by Gasteiger charge is -2.11. The Morgan fingerprint density at radius 2 is 1.74 bits per heavy atom. The third-order valence-corrected chi connectivity index (χ3v) is 6.89. The third kappa shape index (κ3) is 3.90. The topological polar surface area (TPSA) is 78.2 Å². The molecule has 0 radical (unpaired) electrons. The van der Waals surface area contributed by atoms with Crippen LogP contribution in [0, 0.1) is 6.92 Å². The van der Waals surface area contributed by atoms with E-state index in [2.05, 4.69) is 15.2 Å². The van der Waals surface area contributed by atoms with Crippen LogP contribution in [0.25, 0.3) is 33.8 Å². The van der Waals surface area contributed by atoms with Crippen LogP contribution in [0.15, 0.2) is 93.4 Å². The molecule has 3 aromatic heterocycles. The molecule has 0 atom stereocenters. The molecule has 0 fully saturated rings. The highest BCUT2D eigenvalue weighted by Crippen LogP contribution is 2.27. The van der Waals surface area contributed by atoms with Crippen LogP contribution in [0.1, 0.15) is 11.3 Å². The molecule has 0 saturated heterocycles. The second-order valence-electron chi connectivity index (χ2n) is 8.05. The minimum absolute atomic E-state index is 0.134. The van der Waals surface area contributed by atoms with E-state index in [-0.39, 0.29) is 5.56 Å². The Bertz CT molecular complexity index is 1740. The van der Waals surface area contributed by atoms with Gasteiger partial charge >= 0.3 is 0 Å². The molecule has 3 aromatic carbocycles. The number of oxazole rings is 1. The molecule has 0 bridgehead atoms. The van der Waals surface area contributed by atoms with E-state index in [1.807, 2.05) is 72.0 Å². The number of nitrogens with zero attached hydrogens (tertiary/aromatic N) is 5. The summed E-state index contributed by atoms with van der Waals surface area (Å²) in [6, 6.07) is 22.6. The molecule has 0 unspecified atom stereocenters. The summed E-state index contributed by atoms with van der Waals surface area (Å²) in [5, 5.41) is 10.7. The molecule has 0 saturated carbocycles. The second-order valence-corrected chi connectivity index (χ2v) is 9.43. The minimum Gasteiger partial charge on any atom is -0.444 e. The number of benzene rings is 3. The summed E-state index contributed by atoms with van der Waals surface area (Å²) >= 11 is 7.45. The highest BCUT2D eigenvalue weighted by Gasteiger charge is 2.18. The summed E-state index contributed by atoms with van der Waals surface area (Å²) in [6.45, 7) is 2.01. The number of aromatic nitrogens is 5. The monoisotopic (exact) mass is 499 g/mol. The molecular weight excluding hydrogens is 482 g/mol. The quantitative estimate of drug-likeness (QED) is 0.273. The van der Waals surface area contributed by atoms with Crippen molar-refractivity contribution in [3.63, 3.8) is 0 Å². The van der Waals surface area contributed by atoms with Crippen molar-refractivity contribution >= 4 is 40.0 Å². The van der Waals surface area contributed by atoms with Gasteiger partial charge in [-0.3, -0.25) is 9.20 Å². The van der Waals surface area contributed by atoms with Gasteiger partial charge in [0, 0.05) is 16.3 Å². The van der Waals surface area contributed by atoms with Crippen molar-refractivity contribution in [2.24, 2.45) is 0 Å². The second kappa shape index (κ2) is 8.72. The van der Waals surface area contributed by atoms with Gasteiger partial charge in [0.1, 0.15) is 6.26 Å². The van der Waals surface area contributed by atoms with Crippen molar-refractivity contribution in [2.45, 2.75) is 17.8 Å². The molecule has 6 aromatic rings. The lowest BCUT2D eigenvalue weighted by molar-refractivity contribution is 0.573. The van der Waals surface area contributed by atoms with Crippen molar-refractivity contribution < 1.29 is 4.42 Å². The van der Waals surface area contributed by atoms with E-state index in [4.69, 9.17) is 16.0 Å². The zero-order valence-electron chi connectivity index (χ0n) is 18.6. The number of para-hydroxylation sites is 1. The van der Waals surface area contributed by atoms with E-state index in [9.17, 15) is 4.79 Å². The van der Waals surface area contributed by atoms with Gasteiger partial charge in [-0.1, -0.05) is 53.2 Å². The Morgan fingerprint density at radius 1 is 0.971 bits per heavy atom. The molecule has 35 heavy (non-hydrogen) atoms. The van der Waals surface area contributed by atoms with Crippen molar-refractivity contribution in [3.05, 3.63) is 106 Å². The first kappa shape index (κ1) is 21.6. The molecule has 172 valence electrons. The largest absolute Gasteiger partial charge is 0.444 e. The SMILES string of the molecule is Cc1ccc(-n2c(=O)c3ccccc3n3c(SCc4coc(-c5ccc(Cl)cc5)n4)nnc23)cc1. The number of hydrogen-bond acceptors (Lipinski definition) is 6. The molecule has 0 aliphatic rings. The molecule has 7 nitrogen and oxygen atoms in total. The van der Waals surface area contributed by atoms with Gasteiger partial charge in [-0.25, -0.2) is 9.55 Å². The molecule has 0 N–H and O–H groups in total. The Hall–Kier alpha value is -3.88. The summed E-state index contributed by atoms with van der Waals surface area (Å²) in [5.74, 6) is 1.51. The first-order valence-corrected chi connectivity index (χ1v) is 12.2. The molecule has 0 amide bonds. The van der Waals surface area contributed by atoms with E-state index in [0.29, 0.717) is 33.0 Å². The molecule has 0 aliphatic carbocycles. The van der Waals surface area contributed by atoms with Crippen LogP contribution in [0.3, 0.4) is 0 Å². The number of aryl methyl sites for hydroxylation is 1. The van der Waals surface area contributed by atoms with Crippen LogP contribution < -0.4 is 5.56 Å². The molecule has 3 heterocycles. The number of rotatable bonds is 5. The van der Waals surface area contributed by atoms with Crippen molar-refractivity contribution in [1.29, 1.82) is 0 Å². The summed E-state index contributed by atoms with van der Waals surface area (Å²) in [7, 11) is 0. The van der Waals surface area contributed by atoms with Gasteiger partial charge in [0.05, 0.1) is 22.3 Å². The molecule has 0 spiro atoms. The highest BCUT2D eigenvalue weighted by atomic mass is 35.5. The Balaban J connectivity index is 1.40. The molecule has 6 rings (SSSR count). The summed E-state index contributed by atoms with van der Waals surface area (Å²) in [5.41, 5.74) is 4.10. The standard InChI is InChI=1S/C26H18ClN5O2S/c1-16-6-12-20(13-7-16)31-24(33)21-4-2-3-5-22(21)32-25(31)29-30-26(32)35-15-19-14-34-23(28-19)17-8-10-18(27)11-9-17/h2-14H,15H2,1H3. The predicted molar refractivity (Wildman–Crippen MR) is 137 cm³/mol. The molecule has 0 aliphatic heterocycles. The van der Waals surface area contributed by atoms with Crippen LogP contribution in [0.5, 0.6) is 0 Å². The fourth-order valence-corrected chi connectivity index (χ4v) is 4.88. The van der Waals surface area contributed by atoms with Gasteiger partial charge in [-0.05, 0) is 55.5 Å².